The first-order valence-corrected chi connectivity index (χ1v) is 6.19. The van der Waals surface area contributed by atoms with E-state index in [2.05, 4.69) is 30.0 Å². The molecular formula is C14H19NO2. The summed E-state index contributed by atoms with van der Waals surface area (Å²) in [6.07, 6.45) is 3.15. The van der Waals surface area contributed by atoms with E-state index in [0.717, 1.165) is 19.3 Å². The molecule has 1 unspecified atom stereocenters. The molecule has 3 nitrogen and oxygen atoms in total. The van der Waals surface area contributed by atoms with Crippen molar-refractivity contribution in [3.05, 3.63) is 29.3 Å². The van der Waals surface area contributed by atoms with Gasteiger partial charge in [0.25, 0.3) is 0 Å². The number of fused-ring (bicyclic) bond motifs is 1. The zero-order chi connectivity index (χ0) is 12.4. The van der Waals surface area contributed by atoms with E-state index in [4.69, 9.17) is 5.11 Å². The Bertz CT molecular complexity index is 414. The molecule has 1 aromatic carbocycles. The summed E-state index contributed by atoms with van der Waals surface area (Å²) in [6.45, 7) is 2.14. The summed E-state index contributed by atoms with van der Waals surface area (Å²) >= 11 is 0. The molecule has 17 heavy (non-hydrogen) atoms. The number of aliphatic carboxylic acids is 1. The summed E-state index contributed by atoms with van der Waals surface area (Å²) in [5.41, 5.74) is 3.93. The predicted molar refractivity (Wildman–Crippen MR) is 68.6 cm³/mol. The number of carboxylic acids is 1. The second kappa shape index (κ2) is 4.78. The van der Waals surface area contributed by atoms with E-state index in [1.54, 1.807) is 0 Å². The lowest BCUT2D eigenvalue weighted by Crippen LogP contribution is -2.38. The number of carboxylic acid groups (broad SMARTS) is 1. The molecule has 92 valence electrons. The van der Waals surface area contributed by atoms with Crippen LogP contribution in [0.25, 0.3) is 0 Å². The van der Waals surface area contributed by atoms with Gasteiger partial charge in [-0.15, -0.1) is 0 Å². The van der Waals surface area contributed by atoms with Gasteiger partial charge >= 0.3 is 5.97 Å². The van der Waals surface area contributed by atoms with Crippen LogP contribution in [0, 0.1) is 0 Å². The maximum atomic E-state index is 10.9. The second-order valence-electron chi connectivity index (χ2n) is 4.68. The lowest BCUT2D eigenvalue weighted by atomic mass is 9.91. The Morgan fingerprint density at radius 2 is 2.29 bits per heavy atom. The maximum Gasteiger partial charge on any atom is 0.305 e. The highest BCUT2D eigenvalue weighted by Gasteiger charge is 2.26. The Morgan fingerprint density at radius 3 is 2.94 bits per heavy atom. The molecule has 0 amide bonds. The van der Waals surface area contributed by atoms with Crippen LogP contribution in [0.4, 0.5) is 5.69 Å². The fourth-order valence-electron chi connectivity index (χ4n) is 2.72. The fourth-order valence-corrected chi connectivity index (χ4v) is 2.72. The molecule has 2 rings (SSSR count). The summed E-state index contributed by atoms with van der Waals surface area (Å²) in [7, 11) is 2.02. The van der Waals surface area contributed by atoms with Gasteiger partial charge in [-0.05, 0) is 30.4 Å². The van der Waals surface area contributed by atoms with Crippen LogP contribution in [0.5, 0.6) is 0 Å². The van der Waals surface area contributed by atoms with Gasteiger partial charge in [0.1, 0.15) is 0 Å². The molecule has 1 aliphatic rings. The molecule has 1 aromatic rings. The summed E-state index contributed by atoms with van der Waals surface area (Å²) in [6, 6.07) is 6.52. The molecule has 0 saturated carbocycles. The van der Waals surface area contributed by atoms with Crippen LogP contribution in [0.15, 0.2) is 18.2 Å². The van der Waals surface area contributed by atoms with Crippen molar-refractivity contribution >= 4 is 11.7 Å². The van der Waals surface area contributed by atoms with E-state index >= 15 is 0 Å². The van der Waals surface area contributed by atoms with E-state index in [1.165, 1.54) is 16.8 Å². The number of nitrogens with zero attached hydrogens (tertiary/aromatic N) is 1. The topological polar surface area (TPSA) is 40.5 Å². The quantitative estimate of drug-likeness (QED) is 0.872. The molecule has 0 spiro atoms. The lowest BCUT2D eigenvalue weighted by molar-refractivity contribution is -0.137. The minimum Gasteiger partial charge on any atom is -0.481 e. The summed E-state index contributed by atoms with van der Waals surface area (Å²) in [5.74, 6) is -0.709. The molecule has 0 aliphatic carbocycles. The van der Waals surface area contributed by atoms with Crippen LogP contribution in [-0.2, 0) is 17.6 Å². The van der Waals surface area contributed by atoms with Crippen LogP contribution in [0.3, 0.4) is 0 Å². The van der Waals surface area contributed by atoms with Crippen molar-refractivity contribution in [2.75, 3.05) is 11.9 Å². The number of anilines is 1. The average Bonchev–Trinajstić information content (AvgIpc) is 2.31. The van der Waals surface area contributed by atoms with Crippen molar-refractivity contribution in [3.63, 3.8) is 0 Å². The number of rotatable bonds is 3. The van der Waals surface area contributed by atoms with Gasteiger partial charge in [-0.2, -0.15) is 0 Å². The molecule has 1 aliphatic heterocycles. The van der Waals surface area contributed by atoms with Crippen molar-refractivity contribution in [2.24, 2.45) is 0 Å². The number of carbonyl (C=O) groups is 1. The largest absolute Gasteiger partial charge is 0.481 e. The van der Waals surface area contributed by atoms with Crippen molar-refractivity contribution in [1.82, 2.24) is 0 Å². The summed E-state index contributed by atoms with van der Waals surface area (Å²) in [4.78, 5) is 13.0. The normalized spacial score (nSPS) is 18.9. The van der Waals surface area contributed by atoms with Crippen LogP contribution in [0.1, 0.15) is 30.9 Å². The first-order chi connectivity index (χ1) is 8.13. The molecule has 0 saturated heterocycles. The molecule has 0 aromatic heterocycles. The van der Waals surface area contributed by atoms with Gasteiger partial charge in [0.2, 0.25) is 0 Å². The zero-order valence-corrected chi connectivity index (χ0v) is 10.4. The summed E-state index contributed by atoms with van der Waals surface area (Å²) < 4.78 is 0. The Morgan fingerprint density at radius 1 is 1.53 bits per heavy atom. The number of para-hydroxylation sites is 1. The second-order valence-corrected chi connectivity index (χ2v) is 4.68. The van der Waals surface area contributed by atoms with Crippen molar-refractivity contribution in [2.45, 2.75) is 38.6 Å². The average molecular weight is 233 g/mol. The number of hydrogen-bond donors (Lipinski definition) is 1. The summed E-state index contributed by atoms with van der Waals surface area (Å²) in [5, 5.41) is 8.93. The minimum absolute atomic E-state index is 0.132. The van der Waals surface area contributed by atoms with Gasteiger partial charge in [0, 0.05) is 18.8 Å². The molecule has 0 fully saturated rings. The Labute approximate surface area is 102 Å². The lowest BCUT2D eigenvalue weighted by Gasteiger charge is -2.36. The number of hydrogen-bond acceptors (Lipinski definition) is 2. The van der Waals surface area contributed by atoms with E-state index < -0.39 is 5.97 Å². The van der Waals surface area contributed by atoms with E-state index in [0.29, 0.717) is 0 Å². The zero-order valence-electron chi connectivity index (χ0n) is 10.4. The van der Waals surface area contributed by atoms with Crippen molar-refractivity contribution in [3.8, 4) is 0 Å². The van der Waals surface area contributed by atoms with Crippen LogP contribution >= 0.6 is 0 Å². The molecule has 1 atom stereocenters. The Kier molecular flexibility index (Phi) is 3.36. The third kappa shape index (κ3) is 2.28. The van der Waals surface area contributed by atoms with Gasteiger partial charge < -0.3 is 10.0 Å². The van der Waals surface area contributed by atoms with Crippen LogP contribution in [-0.4, -0.2) is 24.2 Å². The fraction of sp³-hybridized carbons (Fsp3) is 0.500. The van der Waals surface area contributed by atoms with Crippen LogP contribution < -0.4 is 4.90 Å². The molecule has 1 N–H and O–H groups in total. The van der Waals surface area contributed by atoms with E-state index in [-0.39, 0.29) is 12.5 Å². The van der Waals surface area contributed by atoms with E-state index in [1.807, 2.05) is 7.05 Å². The van der Waals surface area contributed by atoms with Gasteiger partial charge in [0.15, 0.2) is 0 Å². The first-order valence-electron chi connectivity index (χ1n) is 6.19. The monoisotopic (exact) mass is 233 g/mol. The van der Waals surface area contributed by atoms with Crippen molar-refractivity contribution < 1.29 is 9.90 Å². The molecule has 3 heteroatoms. The van der Waals surface area contributed by atoms with Crippen LogP contribution in [0.2, 0.25) is 0 Å². The molecule has 1 heterocycles. The molecule has 0 bridgehead atoms. The highest BCUT2D eigenvalue weighted by Crippen LogP contribution is 2.34. The smallest absolute Gasteiger partial charge is 0.305 e. The Hall–Kier alpha value is -1.51. The molecule has 0 radical (unpaired) electrons. The standard InChI is InChI=1S/C14H19NO2/c1-3-10-5-4-6-11-7-8-12(9-13(16)17)15(2)14(10)11/h4-6,12H,3,7-9H2,1-2H3,(H,16,17). The van der Waals surface area contributed by atoms with Gasteiger partial charge in [0.05, 0.1) is 6.42 Å². The highest BCUT2D eigenvalue weighted by molar-refractivity contribution is 5.70. The van der Waals surface area contributed by atoms with Crippen molar-refractivity contribution in [1.29, 1.82) is 0 Å². The molecular weight excluding hydrogens is 214 g/mol. The third-order valence-electron chi connectivity index (χ3n) is 3.64. The third-order valence-corrected chi connectivity index (χ3v) is 3.64. The van der Waals surface area contributed by atoms with E-state index in [9.17, 15) is 4.79 Å². The minimum atomic E-state index is -0.709. The SMILES string of the molecule is CCc1cccc2c1N(C)C(CC(=O)O)CC2. The Balaban J connectivity index is 2.33. The number of aryl methyl sites for hydroxylation is 2. The highest BCUT2D eigenvalue weighted by atomic mass is 16.4. The van der Waals surface area contributed by atoms with Gasteiger partial charge in [-0.1, -0.05) is 25.1 Å². The first kappa shape index (κ1) is 12.0. The maximum absolute atomic E-state index is 10.9. The predicted octanol–water partition coefficient (Wildman–Crippen LogP) is 2.47. The number of benzene rings is 1. The van der Waals surface area contributed by atoms with Gasteiger partial charge in [-0.25, -0.2) is 0 Å². The van der Waals surface area contributed by atoms with Gasteiger partial charge in [-0.3, -0.25) is 4.79 Å².